The summed E-state index contributed by atoms with van der Waals surface area (Å²) in [7, 11) is 0. The predicted molar refractivity (Wildman–Crippen MR) is 165 cm³/mol. The van der Waals surface area contributed by atoms with Crippen molar-refractivity contribution in [1.82, 2.24) is 4.90 Å². The molecule has 0 fully saturated rings. The third-order valence-corrected chi connectivity index (χ3v) is 8.33. The highest BCUT2D eigenvalue weighted by Crippen LogP contribution is 2.44. The van der Waals surface area contributed by atoms with Crippen LogP contribution in [0.2, 0.25) is 0 Å². The van der Waals surface area contributed by atoms with E-state index in [1.54, 1.807) is 0 Å². The molecule has 0 amide bonds. The topological polar surface area (TPSA) is 59.0 Å². The molecule has 2 heterocycles. The van der Waals surface area contributed by atoms with Crippen molar-refractivity contribution in [2.75, 3.05) is 13.3 Å². The molecule has 40 heavy (non-hydrogen) atoms. The van der Waals surface area contributed by atoms with E-state index in [4.69, 9.17) is 14.6 Å². The van der Waals surface area contributed by atoms with Gasteiger partial charge in [0.2, 0.25) is 0 Å². The smallest absolute Gasteiger partial charge is 0.303 e. The number of rotatable bonds is 15. The first-order chi connectivity index (χ1) is 19.1. The van der Waals surface area contributed by atoms with Crippen molar-refractivity contribution in [3.8, 4) is 11.5 Å². The quantitative estimate of drug-likeness (QED) is 0.174. The van der Waals surface area contributed by atoms with E-state index in [0.717, 1.165) is 95.2 Å². The fourth-order valence-corrected chi connectivity index (χ4v) is 5.77. The van der Waals surface area contributed by atoms with Gasteiger partial charge in [-0.05, 0) is 117 Å². The van der Waals surface area contributed by atoms with Gasteiger partial charge in [0.25, 0.3) is 0 Å². The number of allylic oxidation sites excluding steroid dienone is 6. The summed E-state index contributed by atoms with van der Waals surface area (Å²) in [6.07, 6.45) is 18.7. The fraction of sp³-hybridized carbons (Fsp3) is 0.629. The number of unbranched alkanes of at least 4 members (excludes halogenated alkanes) is 2. The van der Waals surface area contributed by atoms with E-state index in [0.29, 0.717) is 6.73 Å². The van der Waals surface area contributed by atoms with Crippen LogP contribution in [0.3, 0.4) is 0 Å². The molecule has 0 saturated heterocycles. The average Bonchev–Trinajstić information content (AvgIpc) is 2.88. The SMILES string of the molecule is CC(C)=CCCC(C)=CCCC(C)=CCC[C@]1(C)CCc2c3c(cc(C)c2O1)OCN(CCCCCC(=O)O)C3. The van der Waals surface area contributed by atoms with E-state index in [2.05, 4.69) is 70.7 Å². The minimum Gasteiger partial charge on any atom is -0.487 e. The van der Waals surface area contributed by atoms with Crippen molar-refractivity contribution in [3.63, 3.8) is 0 Å². The van der Waals surface area contributed by atoms with Gasteiger partial charge in [0.1, 0.15) is 23.8 Å². The molecule has 1 atom stereocenters. The summed E-state index contributed by atoms with van der Waals surface area (Å²) in [5, 5.41) is 8.85. The van der Waals surface area contributed by atoms with Crippen molar-refractivity contribution in [1.29, 1.82) is 0 Å². The van der Waals surface area contributed by atoms with Crippen LogP contribution in [0.5, 0.6) is 11.5 Å². The second kappa shape index (κ2) is 15.5. The Morgan fingerprint density at radius 2 is 1.68 bits per heavy atom. The Kier molecular flexibility index (Phi) is 12.4. The van der Waals surface area contributed by atoms with Gasteiger partial charge in [-0.1, -0.05) is 41.4 Å². The number of aryl methyl sites for hydroxylation is 1. The normalized spacial score (nSPS) is 19.4. The number of aliphatic carboxylic acids is 1. The third kappa shape index (κ3) is 10.1. The van der Waals surface area contributed by atoms with Crippen molar-refractivity contribution >= 4 is 5.97 Å². The van der Waals surface area contributed by atoms with Crippen LogP contribution in [0.15, 0.2) is 41.0 Å². The summed E-state index contributed by atoms with van der Waals surface area (Å²) in [6.45, 7) is 15.7. The van der Waals surface area contributed by atoms with Gasteiger partial charge in [-0.3, -0.25) is 9.69 Å². The molecule has 222 valence electrons. The molecule has 0 spiro atoms. The average molecular weight is 552 g/mol. The molecule has 1 aromatic carbocycles. The number of carboxylic acids is 1. The molecule has 0 unspecified atom stereocenters. The highest BCUT2D eigenvalue weighted by molar-refractivity contribution is 5.66. The number of hydrogen-bond donors (Lipinski definition) is 1. The lowest BCUT2D eigenvalue weighted by atomic mass is 9.85. The second-order valence-electron chi connectivity index (χ2n) is 12.6. The highest BCUT2D eigenvalue weighted by Gasteiger charge is 2.35. The van der Waals surface area contributed by atoms with Crippen molar-refractivity contribution in [2.45, 2.75) is 131 Å². The molecule has 0 bridgehead atoms. The van der Waals surface area contributed by atoms with Gasteiger partial charge in [-0.25, -0.2) is 0 Å². The van der Waals surface area contributed by atoms with Gasteiger partial charge in [0.05, 0.1) is 0 Å². The summed E-state index contributed by atoms with van der Waals surface area (Å²) < 4.78 is 12.9. The van der Waals surface area contributed by atoms with E-state index in [9.17, 15) is 4.79 Å². The van der Waals surface area contributed by atoms with Gasteiger partial charge < -0.3 is 14.6 Å². The molecular weight excluding hydrogens is 498 g/mol. The maximum atomic E-state index is 10.8. The lowest BCUT2D eigenvalue weighted by molar-refractivity contribution is -0.137. The number of fused-ring (bicyclic) bond motifs is 3. The Morgan fingerprint density at radius 1 is 0.975 bits per heavy atom. The first kappa shape index (κ1) is 32.0. The van der Waals surface area contributed by atoms with Crippen LogP contribution < -0.4 is 9.47 Å². The predicted octanol–water partition coefficient (Wildman–Crippen LogP) is 9.08. The third-order valence-electron chi connectivity index (χ3n) is 8.33. The van der Waals surface area contributed by atoms with Gasteiger partial charge in [-0.2, -0.15) is 0 Å². The Labute approximate surface area is 243 Å². The molecule has 0 saturated carbocycles. The van der Waals surface area contributed by atoms with E-state index < -0.39 is 5.97 Å². The maximum absolute atomic E-state index is 10.8. The van der Waals surface area contributed by atoms with Gasteiger partial charge in [-0.15, -0.1) is 0 Å². The van der Waals surface area contributed by atoms with Crippen molar-refractivity contribution in [2.24, 2.45) is 0 Å². The summed E-state index contributed by atoms with van der Waals surface area (Å²) in [5.74, 6) is 1.36. The van der Waals surface area contributed by atoms with Crippen LogP contribution in [-0.4, -0.2) is 34.9 Å². The van der Waals surface area contributed by atoms with Crippen LogP contribution in [0.25, 0.3) is 0 Å². The molecule has 5 heteroatoms. The molecule has 0 radical (unpaired) electrons. The molecule has 5 nitrogen and oxygen atoms in total. The van der Waals surface area contributed by atoms with E-state index in [1.165, 1.54) is 33.4 Å². The van der Waals surface area contributed by atoms with Crippen molar-refractivity contribution < 1.29 is 19.4 Å². The Morgan fingerprint density at radius 3 is 2.38 bits per heavy atom. The number of hydrogen-bond acceptors (Lipinski definition) is 4. The molecule has 1 aromatic rings. The van der Waals surface area contributed by atoms with Gasteiger partial charge >= 0.3 is 5.97 Å². The number of carboxylic acid groups (broad SMARTS) is 1. The monoisotopic (exact) mass is 551 g/mol. The summed E-state index contributed by atoms with van der Waals surface area (Å²) in [6, 6.07) is 2.16. The summed E-state index contributed by atoms with van der Waals surface area (Å²) in [5.41, 5.74) is 7.98. The minimum absolute atomic E-state index is 0.149. The second-order valence-corrected chi connectivity index (χ2v) is 12.6. The zero-order chi connectivity index (χ0) is 29.1. The number of nitrogens with zero attached hydrogens (tertiary/aromatic N) is 1. The van der Waals surface area contributed by atoms with E-state index >= 15 is 0 Å². The Bertz CT molecular complexity index is 1100. The van der Waals surface area contributed by atoms with Crippen LogP contribution in [0.1, 0.15) is 122 Å². The van der Waals surface area contributed by atoms with Gasteiger partial charge in [0, 0.05) is 30.6 Å². The number of carbonyl (C=O) groups is 1. The van der Waals surface area contributed by atoms with Gasteiger partial charge in [0.15, 0.2) is 0 Å². The van der Waals surface area contributed by atoms with Crippen LogP contribution in [0, 0.1) is 6.92 Å². The molecule has 3 rings (SSSR count). The maximum Gasteiger partial charge on any atom is 0.303 e. The molecular formula is C35H53NO4. The first-order valence-electron chi connectivity index (χ1n) is 15.4. The van der Waals surface area contributed by atoms with Crippen LogP contribution in [0.4, 0.5) is 0 Å². The first-order valence-corrected chi connectivity index (χ1v) is 15.4. The number of ether oxygens (including phenoxy) is 2. The number of benzene rings is 1. The fourth-order valence-electron chi connectivity index (χ4n) is 5.77. The minimum atomic E-state index is -0.709. The lowest BCUT2D eigenvalue weighted by Crippen LogP contribution is -2.38. The summed E-state index contributed by atoms with van der Waals surface area (Å²) in [4.78, 5) is 13.1. The molecule has 2 aliphatic rings. The Balaban J connectivity index is 1.51. The van der Waals surface area contributed by atoms with Crippen molar-refractivity contribution in [3.05, 3.63) is 57.7 Å². The Hall–Kier alpha value is -2.53. The largest absolute Gasteiger partial charge is 0.487 e. The van der Waals surface area contributed by atoms with Crippen LogP contribution >= 0.6 is 0 Å². The summed E-state index contributed by atoms with van der Waals surface area (Å²) >= 11 is 0. The van der Waals surface area contributed by atoms with Crippen LogP contribution in [-0.2, 0) is 17.8 Å². The van der Waals surface area contributed by atoms with E-state index in [-0.39, 0.29) is 12.0 Å². The lowest BCUT2D eigenvalue weighted by Gasteiger charge is -2.39. The molecule has 0 aliphatic carbocycles. The molecule has 2 aliphatic heterocycles. The molecule has 1 N–H and O–H groups in total. The zero-order valence-corrected chi connectivity index (χ0v) is 26.0. The zero-order valence-electron chi connectivity index (χ0n) is 26.0. The molecule has 0 aromatic heterocycles. The highest BCUT2D eigenvalue weighted by atomic mass is 16.5. The standard InChI is InChI=1S/C35H53NO4/c1-26(2)13-10-14-27(3)15-11-16-28(4)17-12-20-35(6)21-19-30-31-24-36(22-9-7-8-18-33(37)38)25-39-32(31)23-29(5)34(30)40-35/h13,15,17,23H,7-12,14,16,18-22,24-25H2,1-6H3,(H,37,38)/t35-/m1/s1. The van der Waals surface area contributed by atoms with E-state index in [1.807, 2.05) is 0 Å².